The van der Waals surface area contributed by atoms with Crippen LogP contribution in [0.5, 0.6) is 0 Å². The van der Waals surface area contributed by atoms with Crippen molar-refractivity contribution in [1.29, 1.82) is 0 Å². The zero-order valence-corrected chi connectivity index (χ0v) is 17.2. The molecule has 0 spiro atoms. The second kappa shape index (κ2) is 8.06. The van der Waals surface area contributed by atoms with Gasteiger partial charge in [-0.1, -0.05) is 37.3 Å². The molecule has 8 nitrogen and oxygen atoms in total. The molecule has 0 bridgehead atoms. The average molecular weight is 393 g/mol. The molecule has 0 saturated heterocycles. The third-order valence-electron chi connectivity index (χ3n) is 5.53. The van der Waals surface area contributed by atoms with Crippen LogP contribution < -0.4 is 5.32 Å². The van der Waals surface area contributed by atoms with Crippen LogP contribution in [-0.4, -0.2) is 48.1 Å². The number of nitrogens with zero attached hydrogens (tertiary/aromatic N) is 6. The van der Waals surface area contributed by atoms with E-state index in [1.807, 2.05) is 46.3 Å². The molecule has 4 rings (SSSR count). The van der Waals surface area contributed by atoms with Crippen molar-refractivity contribution in [1.82, 2.24) is 34.8 Å². The number of amides is 2. The van der Waals surface area contributed by atoms with Crippen LogP contribution >= 0.6 is 0 Å². The highest BCUT2D eigenvalue weighted by atomic mass is 16.2. The topological polar surface area (TPSA) is 80.9 Å². The first-order chi connectivity index (χ1) is 14.1. The fourth-order valence-corrected chi connectivity index (χ4v) is 3.68. The van der Waals surface area contributed by atoms with Gasteiger partial charge in [-0.2, -0.15) is 5.10 Å². The molecule has 3 aromatic rings. The summed E-state index contributed by atoms with van der Waals surface area (Å²) >= 11 is 0. The summed E-state index contributed by atoms with van der Waals surface area (Å²) < 4.78 is 3.92. The maximum Gasteiger partial charge on any atom is 0.317 e. The standard InChI is InChI=1S/C21H27N7O/c1-4-15(2)23-21(29)27-11-10-18-17(13-27)19(25-26(18)3)20-24-22-14-28(20)12-16-8-6-5-7-9-16/h5-9,14-15H,4,10-13H2,1-3H3,(H,23,29). The summed E-state index contributed by atoms with van der Waals surface area (Å²) in [6.45, 7) is 5.98. The Labute approximate surface area is 170 Å². The molecular weight excluding hydrogens is 366 g/mol. The van der Waals surface area contributed by atoms with Crippen LogP contribution in [0.3, 0.4) is 0 Å². The molecule has 0 fully saturated rings. The van der Waals surface area contributed by atoms with E-state index in [2.05, 4.69) is 34.6 Å². The van der Waals surface area contributed by atoms with E-state index in [1.165, 1.54) is 5.56 Å². The average Bonchev–Trinajstić information content (AvgIpc) is 3.32. The van der Waals surface area contributed by atoms with Gasteiger partial charge in [0, 0.05) is 37.3 Å². The van der Waals surface area contributed by atoms with Crippen molar-refractivity contribution in [3.63, 3.8) is 0 Å². The van der Waals surface area contributed by atoms with Gasteiger partial charge in [0.25, 0.3) is 0 Å². The Bertz CT molecular complexity index is 992. The van der Waals surface area contributed by atoms with Gasteiger partial charge in [-0.05, 0) is 18.9 Å². The number of benzene rings is 1. The van der Waals surface area contributed by atoms with Crippen LogP contribution in [0, 0.1) is 0 Å². The Kier molecular flexibility index (Phi) is 5.33. The first-order valence-corrected chi connectivity index (χ1v) is 10.1. The lowest BCUT2D eigenvalue weighted by atomic mass is 10.0. The van der Waals surface area contributed by atoms with E-state index in [-0.39, 0.29) is 12.1 Å². The third-order valence-corrected chi connectivity index (χ3v) is 5.53. The van der Waals surface area contributed by atoms with Crippen LogP contribution in [0.1, 0.15) is 37.1 Å². The lowest BCUT2D eigenvalue weighted by Crippen LogP contribution is -2.45. The van der Waals surface area contributed by atoms with Crippen LogP contribution in [0.4, 0.5) is 4.79 Å². The minimum Gasteiger partial charge on any atom is -0.336 e. The van der Waals surface area contributed by atoms with Gasteiger partial charge in [0.15, 0.2) is 5.82 Å². The monoisotopic (exact) mass is 393 g/mol. The van der Waals surface area contributed by atoms with E-state index in [1.54, 1.807) is 6.33 Å². The fourth-order valence-electron chi connectivity index (χ4n) is 3.68. The highest BCUT2D eigenvalue weighted by Gasteiger charge is 2.29. The van der Waals surface area contributed by atoms with E-state index in [0.717, 1.165) is 35.6 Å². The summed E-state index contributed by atoms with van der Waals surface area (Å²) in [4.78, 5) is 14.5. The molecular formula is C21H27N7O. The maximum absolute atomic E-state index is 12.6. The molecule has 8 heteroatoms. The van der Waals surface area contributed by atoms with Crippen LogP contribution in [0.2, 0.25) is 0 Å². The molecule has 29 heavy (non-hydrogen) atoms. The van der Waals surface area contributed by atoms with Crippen molar-refractivity contribution in [2.45, 2.75) is 45.8 Å². The number of urea groups is 1. The van der Waals surface area contributed by atoms with E-state index < -0.39 is 0 Å². The molecule has 1 unspecified atom stereocenters. The number of carbonyl (C=O) groups excluding carboxylic acids is 1. The SMILES string of the molecule is CCC(C)NC(=O)N1CCc2c(c(-c3nncn3Cc3ccccc3)nn2C)C1. The number of hydrogen-bond acceptors (Lipinski definition) is 4. The van der Waals surface area contributed by atoms with Gasteiger partial charge in [0.1, 0.15) is 12.0 Å². The Morgan fingerprint density at radius 1 is 1.28 bits per heavy atom. The van der Waals surface area contributed by atoms with Crippen molar-refractivity contribution < 1.29 is 4.79 Å². The predicted molar refractivity (Wildman–Crippen MR) is 110 cm³/mol. The van der Waals surface area contributed by atoms with E-state index in [0.29, 0.717) is 19.6 Å². The highest BCUT2D eigenvalue weighted by molar-refractivity contribution is 5.75. The van der Waals surface area contributed by atoms with Crippen molar-refractivity contribution in [2.24, 2.45) is 7.05 Å². The Morgan fingerprint density at radius 2 is 2.07 bits per heavy atom. The maximum atomic E-state index is 12.6. The quantitative estimate of drug-likeness (QED) is 0.722. The minimum absolute atomic E-state index is 0.0226. The molecule has 152 valence electrons. The van der Waals surface area contributed by atoms with Crippen LogP contribution in [-0.2, 0) is 26.6 Å². The van der Waals surface area contributed by atoms with Gasteiger partial charge in [-0.15, -0.1) is 10.2 Å². The smallest absolute Gasteiger partial charge is 0.317 e. The molecule has 1 aliphatic rings. The molecule has 0 aliphatic carbocycles. The normalized spacial score (nSPS) is 14.5. The van der Waals surface area contributed by atoms with Crippen LogP contribution in [0.25, 0.3) is 11.5 Å². The van der Waals surface area contributed by atoms with Crippen molar-refractivity contribution in [2.75, 3.05) is 6.54 Å². The lowest BCUT2D eigenvalue weighted by molar-refractivity contribution is 0.188. The Balaban J connectivity index is 1.62. The summed E-state index contributed by atoms with van der Waals surface area (Å²) in [5.41, 5.74) is 4.19. The summed E-state index contributed by atoms with van der Waals surface area (Å²) in [5.74, 6) is 0.731. The summed E-state index contributed by atoms with van der Waals surface area (Å²) in [5, 5.41) is 16.3. The number of aromatic nitrogens is 5. The lowest BCUT2D eigenvalue weighted by Gasteiger charge is -2.29. The van der Waals surface area contributed by atoms with Gasteiger partial charge in [-0.25, -0.2) is 4.79 Å². The molecule has 1 N–H and O–H groups in total. The van der Waals surface area contributed by atoms with Crippen molar-refractivity contribution in [3.05, 3.63) is 53.5 Å². The van der Waals surface area contributed by atoms with E-state index >= 15 is 0 Å². The largest absolute Gasteiger partial charge is 0.336 e. The number of aryl methyl sites for hydroxylation is 1. The van der Waals surface area contributed by atoms with Crippen molar-refractivity contribution in [3.8, 4) is 11.5 Å². The molecule has 1 atom stereocenters. The van der Waals surface area contributed by atoms with Gasteiger partial charge < -0.3 is 14.8 Å². The summed E-state index contributed by atoms with van der Waals surface area (Å²) in [6, 6.07) is 10.4. The van der Waals surface area contributed by atoms with Gasteiger partial charge in [0.05, 0.1) is 13.1 Å². The van der Waals surface area contributed by atoms with Gasteiger partial charge in [0.2, 0.25) is 0 Å². The van der Waals surface area contributed by atoms with Crippen molar-refractivity contribution >= 4 is 6.03 Å². The fraction of sp³-hybridized carbons (Fsp3) is 0.429. The first-order valence-electron chi connectivity index (χ1n) is 10.1. The molecule has 1 aromatic carbocycles. The van der Waals surface area contributed by atoms with Gasteiger partial charge >= 0.3 is 6.03 Å². The first kappa shape index (κ1) is 19.2. The predicted octanol–water partition coefficient (Wildman–Crippen LogP) is 2.59. The number of fused-ring (bicyclic) bond motifs is 1. The van der Waals surface area contributed by atoms with Crippen LogP contribution in [0.15, 0.2) is 36.7 Å². The number of nitrogens with one attached hydrogen (secondary N) is 1. The zero-order chi connectivity index (χ0) is 20.4. The second-order valence-corrected chi connectivity index (χ2v) is 7.60. The molecule has 3 heterocycles. The second-order valence-electron chi connectivity index (χ2n) is 7.60. The van der Waals surface area contributed by atoms with Gasteiger partial charge in [-0.3, -0.25) is 4.68 Å². The number of rotatable bonds is 5. The molecule has 0 radical (unpaired) electrons. The molecule has 2 aromatic heterocycles. The Hall–Kier alpha value is -3.16. The van der Waals surface area contributed by atoms with E-state index in [4.69, 9.17) is 5.10 Å². The zero-order valence-electron chi connectivity index (χ0n) is 17.2. The molecule has 0 saturated carbocycles. The highest BCUT2D eigenvalue weighted by Crippen LogP contribution is 2.29. The summed E-state index contributed by atoms with van der Waals surface area (Å²) in [7, 11) is 1.95. The molecule has 1 aliphatic heterocycles. The molecule has 2 amide bonds. The summed E-state index contributed by atoms with van der Waals surface area (Å²) in [6.07, 6.45) is 3.42. The Morgan fingerprint density at radius 3 is 2.83 bits per heavy atom. The third kappa shape index (κ3) is 3.87. The van der Waals surface area contributed by atoms with E-state index in [9.17, 15) is 4.79 Å². The minimum atomic E-state index is -0.0226. The number of hydrogen-bond donors (Lipinski definition) is 1. The number of carbonyl (C=O) groups is 1.